The van der Waals surface area contributed by atoms with Gasteiger partial charge in [-0.15, -0.1) is 0 Å². The molecular weight excluding hydrogens is 201 g/mol. The van der Waals surface area contributed by atoms with E-state index >= 15 is 0 Å². The van der Waals surface area contributed by atoms with E-state index in [1.807, 2.05) is 0 Å². The summed E-state index contributed by atoms with van der Waals surface area (Å²) >= 11 is 0. The van der Waals surface area contributed by atoms with E-state index in [9.17, 15) is 4.57 Å². The van der Waals surface area contributed by atoms with Crippen molar-refractivity contribution in [2.24, 2.45) is 5.73 Å². The van der Waals surface area contributed by atoms with Crippen LogP contribution < -0.4 is 5.73 Å². The van der Waals surface area contributed by atoms with Gasteiger partial charge in [0.2, 0.25) is 0 Å². The fraction of sp³-hybridized carbons (Fsp3) is 1.00. The number of rotatable bonds is 6. The Kier molecular flexibility index (Phi) is 5.66. The Hall–Kier alpha value is -0.0100. The van der Waals surface area contributed by atoms with E-state index < -0.39 is 39.3 Å². The van der Waals surface area contributed by atoms with E-state index in [0.717, 1.165) is 0 Å². The molecule has 0 aromatic heterocycles. The number of aliphatic hydroxyl groups is 3. The molecule has 0 aliphatic heterocycles. The smallest absolute Gasteiger partial charge is 0.357 e. The molecule has 0 heterocycles. The lowest BCUT2D eigenvalue weighted by atomic mass is 10.4. The van der Waals surface area contributed by atoms with E-state index in [0.29, 0.717) is 0 Å². The highest BCUT2D eigenvalue weighted by atomic mass is 31.2. The predicted molar refractivity (Wildman–Crippen MR) is 43.9 cm³/mol. The molecule has 0 aromatic rings. The number of aliphatic hydroxyl groups excluding tert-OH is 3. The average molecular weight is 215 g/mol. The maximum atomic E-state index is 11.0. The van der Waals surface area contributed by atoms with Crippen molar-refractivity contribution >= 4 is 7.60 Å². The van der Waals surface area contributed by atoms with Crippen LogP contribution in [0.5, 0.6) is 0 Å². The molecule has 0 saturated carbocycles. The fourth-order valence-corrected chi connectivity index (χ4v) is 1.29. The van der Waals surface area contributed by atoms with Gasteiger partial charge in [-0.05, 0) is 0 Å². The Morgan fingerprint density at radius 1 is 1.46 bits per heavy atom. The van der Waals surface area contributed by atoms with Crippen molar-refractivity contribution in [1.29, 1.82) is 0 Å². The summed E-state index contributed by atoms with van der Waals surface area (Å²) in [5, 5.41) is 26.0. The number of hydrogen-bond acceptors (Lipinski definition) is 6. The monoisotopic (exact) mass is 215 g/mol. The summed E-state index contributed by atoms with van der Waals surface area (Å²) in [5.74, 6) is -1.67. The summed E-state index contributed by atoms with van der Waals surface area (Å²) in [6.07, 6.45) is -1.24. The van der Waals surface area contributed by atoms with Gasteiger partial charge in [-0.25, -0.2) is 0 Å². The Balaban J connectivity index is 3.96. The molecular formula is C5H14NO6P. The second kappa shape index (κ2) is 5.66. The average Bonchev–Trinajstić information content (AvgIpc) is 2.12. The van der Waals surface area contributed by atoms with Crippen LogP contribution in [0.3, 0.4) is 0 Å². The molecule has 0 rings (SSSR count). The molecule has 6 N–H and O–H groups in total. The van der Waals surface area contributed by atoms with Gasteiger partial charge in [0, 0.05) is 6.54 Å². The van der Waals surface area contributed by atoms with Gasteiger partial charge < -0.3 is 30.5 Å². The molecule has 0 fully saturated rings. The molecule has 0 bridgehead atoms. The summed E-state index contributed by atoms with van der Waals surface area (Å²) in [6.45, 7) is -1.52. The minimum absolute atomic E-state index is 0.414. The summed E-state index contributed by atoms with van der Waals surface area (Å²) in [5.41, 5.74) is 4.92. The zero-order valence-corrected chi connectivity index (χ0v) is 7.80. The first-order valence-corrected chi connectivity index (χ1v) is 5.22. The zero-order valence-electron chi connectivity index (χ0n) is 6.91. The first kappa shape index (κ1) is 13.0. The van der Waals surface area contributed by atoms with Crippen LogP contribution in [-0.4, -0.2) is 51.9 Å². The minimum atomic E-state index is -4.19. The van der Waals surface area contributed by atoms with Crippen molar-refractivity contribution in [3.8, 4) is 0 Å². The Bertz CT molecular complexity index is 188. The second-order valence-corrected chi connectivity index (χ2v) is 4.40. The second-order valence-electron chi connectivity index (χ2n) is 2.41. The highest BCUT2D eigenvalue weighted by Crippen LogP contribution is 2.45. The predicted octanol–water partition coefficient (Wildman–Crippen LogP) is -2.18. The molecule has 0 saturated heterocycles. The molecule has 7 nitrogen and oxygen atoms in total. The maximum Gasteiger partial charge on any atom is 0.357 e. The Morgan fingerprint density at radius 2 is 2.00 bits per heavy atom. The summed E-state index contributed by atoms with van der Waals surface area (Å²) in [7, 11) is -4.19. The summed E-state index contributed by atoms with van der Waals surface area (Å²) in [4.78, 5) is 8.94. The van der Waals surface area contributed by atoms with E-state index in [4.69, 9.17) is 25.9 Å². The molecule has 0 amide bonds. The van der Waals surface area contributed by atoms with Crippen molar-refractivity contribution in [2.75, 3.05) is 19.8 Å². The van der Waals surface area contributed by atoms with Gasteiger partial charge >= 0.3 is 7.60 Å². The highest BCUT2D eigenvalue weighted by Gasteiger charge is 2.29. The van der Waals surface area contributed by atoms with Crippen molar-refractivity contribution in [1.82, 2.24) is 0 Å². The third kappa shape index (κ3) is 4.68. The Morgan fingerprint density at radius 3 is 2.38 bits per heavy atom. The lowest BCUT2D eigenvalue weighted by molar-refractivity contribution is 0.0446. The molecule has 0 aliphatic carbocycles. The van der Waals surface area contributed by atoms with Crippen molar-refractivity contribution in [2.45, 2.75) is 11.9 Å². The largest absolute Gasteiger partial charge is 0.394 e. The van der Waals surface area contributed by atoms with E-state index in [2.05, 4.69) is 4.52 Å². The van der Waals surface area contributed by atoms with Gasteiger partial charge in [0.15, 0.2) is 5.85 Å². The lowest BCUT2D eigenvalue weighted by Gasteiger charge is -2.17. The quantitative estimate of drug-likeness (QED) is 0.318. The van der Waals surface area contributed by atoms with Crippen LogP contribution in [0.2, 0.25) is 0 Å². The minimum Gasteiger partial charge on any atom is -0.394 e. The maximum absolute atomic E-state index is 11.0. The van der Waals surface area contributed by atoms with Gasteiger partial charge in [0.1, 0.15) is 6.10 Å². The standard InChI is InChI=1S/C5H14NO6P/c6-1-5(9)13(10,11)12-3-4(8)2-7/h4-5,7-9H,1-3,6H2,(H,10,11). The molecule has 0 aromatic carbocycles. The molecule has 0 radical (unpaired) electrons. The summed E-state index contributed by atoms with van der Waals surface area (Å²) < 4.78 is 15.3. The van der Waals surface area contributed by atoms with Crippen molar-refractivity contribution < 1.29 is 29.3 Å². The van der Waals surface area contributed by atoms with Gasteiger partial charge in [0.05, 0.1) is 13.2 Å². The summed E-state index contributed by atoms with van der Waals surface area (Å²) in [6, 6.07) is 0. The topological polar surface area (TPSA) is 133 Å². The van der Waals surface area contributed by atoms with Gasteiger partial charge in [-0.2, -0.15) is 0 Å². The van der Waals surface area contributed by atoms with Gasteiger partial charge in [0.25, 0.3) is 0 Å². The molecule has 80 valence electrons. The lowest BCUT2D eigenvalue weighted by Crippen LogP contribution is -2.24. The van der Waals surface area contributed by atoms with E-state index in [-0.39, 0.29) is 0 Å². The van der Waals surface area contributed by atoms with Crippen LogP contribution in [0, 0.1) is 0 Å². The van der Waals surface area contributed by atoms with Gasteiger partial charge in [-0.3, -0.25) is 4.57 Å². The number of nitrogens with two attached hydrogens (primary N) is 1. The highest BCUT2D eigenvalue weighted by molar-refractivity contribution is 7.53. The molecule has 0 spiro atoms. The van der Waals surface area contributed by atoms with Crippen LogP contribution in [0.15, 0.2) is 0 Å². The van der Waals surface area contributed by atoms with Gasteiger partial charge in [-0.1, -0.05) is 0 Å². The molecule has 8 heteroatoms. The van der Waals surface area contributed by atoms with Crippen molar-refractivity contribution in [3.05, 3.63) is 0 Å². The SMILES string of the molecule is NCC(O)P(=O)(O)OCC(O)CO. The van der Waals surface area contributed by atoms with Crippen LogP contribution in [0.25, 0.3) is 0 Å². The third-order valence-corrected chi connectivity index (χ3v) is 2.73. The van der Waals surface area contributed by atoms with E-state index in [1.54, 1.807) is 0 Å². The van der Waals surface area contributed by atoms with Crippen molar-refractivity contribution in [3.63, 3.8) is 0 Å². The molecule has 0 aliphatic rings. The number of hydrogen-bond donors (Lipinski definition) is 5. The fourth-order valence-electron chi connectivity index (χ4n) is 0.465. The molecule has 13 heavy (non-hydrogen) atoms. The molecule has 3 atom stereocenters. The van der Waals surface area contributed by atoms with Crippen LogP contribution in [0.1, 0.15) is 0 Å². The van der Waals surface area contributed by atoms with Crippen LogP contribution in [0.4, 0.5) is 0 Å². The zero-order chi connectivity index (χ0) is 10.5. The van der Waals surface area contributed by atoms with E-state index in [1.165, 1.54) is 0 Å². The van der Waals surface area contributed by atoms with Crippen LogP contribution in [-0.2, 0) is 9.09 Å². The first-order chi connectivity index (χ1) is 5.94. The molecule has 3 unspecified atom stereocenters. The normalized spacial score (nSPS) is 20.7. The first-order valence-electron chi connectivity index (χ1n) is 3.58. The third-order valence-electron chi connectivity index (χ3n) is 1.25. The van der Waals surface area contributed by atoms with Crippen LogP contribution >= 0.6 is 7.60 Å². The Labute approximate surface area is 75.3 Å².